The zero-order chi connectivity index (χ0) is 20.8. The fourth-order valence-corrected chi connectivity index (χ4v) is 3.17. The summed E-state index contributed by atoms with van der Waals surface area (Å²) in [6.45, 7) is 4.37. The molecule has 150 valence electrons. The topological polar surface area (TPSA) is 55.6 Å². The van der Waals surface area contributed by atoms with Gasteiger partial charge in [0.15, 0.2) is 0 Å². The smallest absolute Gasteiger partial charge is 0.0834 e. The van der Waals surface area contributed by atoms with Gasteiger partial charge in [-0.25, -0.2) is 4.68 Å². The quantitative estimate of drug-likeness (QED) is 0.431. The lowest BCUT2D eigenvalue weighted by atomic mass is 10.1. The third kappa shape index (κ3) is 5.20. The first-order chi connectivity index (χ1) is 14.7. The molecule has 4 aromatic rings. The van der Waals surface area contributed by atoms with Gasteiger partial charge in [0.1, 0.15) is 0 Å². The third-order valence-electron chi connectivity index (χ3n) is 4.62. The van der Waals surface area contributed by atoms with E-state index in [0.29, 0.717) is 5.92 Å². The van der Waals surface area contributed by atoms with Gasteiger partial charge >= 0.3 is 0 Å². The van der Waals surface area contributed by atoms with Crippen LogP contribution in [0.1, 0.15) is 30.7 Å². The van der Waals surface area contributed by atoms with Crippen LogP contribution in [-0.2, 0) is 6.42 Å². The van der Waals surface area contributed by atoms with Crippen molar-refractivity contribution in [2.75, 3.05) is 5.32 Å². The third-order valence-corrected chi connectivity index (χ3v) is 4.62. The number of anilines is 2. The highest BCUT2D eigenvalue weighted by Crippen LogP contribution is 2.21. The van der Waals surface area contributed by atoms with Gasteiger partial charge in [-0.05, 0) is 59.9 Å². The van der Waals surface area contributed by atoms with Crippen LogP contribution in [0, 0.1) is 5.92 Å². The first-order valence-electron chi connectivity index (χ1n) is 10.1. The Labute approximate surface area is 177 Å². The molecule has 0 unspecified atom stereocenters. The largest absolute Gasteiger partial charge is 0.355 e. The molecule has 4 rings (SSSR count). The van der Waals surface area contributed by atoms with E-state index in [2.05, 4.69) is 76.9 Å². The highest BCUT2D eigenvalue weighted by molar-refractivity contribution is 5.71. The first kappa shape index (κ1) is 19.6. The standard InChI is InChI=1S/C25H25N5/c1-19(2)15-24-18-30(29-28-24)25-7-3-6-23(16-25)27-22-12-10-20(11-13-22)8-9-21-5-4-14-26-17-21/h3-14,16-19,27H,15H2,1-2H3/b9-8+. The molecule has 5 nitrogen and oxygen atoms in total. The lowest BCUT2D eigenvalue weighted by molar-refractivity contribution is 0.633. The number of nitrogens with zero attached hydrogens (tertiary/aromatic N) is 4. The summed E-state index contributed by atoms with van der Waals surface area (Å²) in [6.07, 6.45) is 10.7. The van der Waals surface area contributed by atoms with Crippen molar-refractivity contribution in [2.45, 2.75) is 20.3 Å². The Balaban J connectivity index is 1.44. The molecule has 0 aliphatic rings. The minimum absolute atomic E-state index is 0.560. The van der Waals surface area contributed by atoms with Gasteiger partial charge in [-0.1, -0.05) is 55.5 Å². The highest BCUT2D eigenvalue weighted by Gasteiger charge is 2.06. The van der Waals surface area contributed by atoms with Crippen molar-refractivity contribution in [2.24, 2.45) is 5.92 Å². The summed E-state index contributed by atoms with van der Waals surface area (Å²) in [5.74, 6) is 0.560. The van der Waals surface area contributed by atoms with Crippen LogP contribution in [0.3, 0.4) is 0 Å². The lowest BCUT2D eigenvalue weighted by Crippen LogP contribution is -1.97. The molecule has 0 bridgehead atoms. The maximum absolute atomic E-state index is 4.28. The SMILES string of the molecule is CC(C)Cc1cn(-c2cccc(Nc3ccc(/C=C/c4cccnc4)cc3)c2)nn1. The van der Waals surface area contributed by atoms with E-state index in [1.165, 1.54) is 0 Å². The molecule has 0 spiro atoms. The molecule has 1 N–H and O–H groups in total. The van der Waals surface area contributed by atoms with Crippen LogP contribution in [0.4, 0.5) is 11.4 Å². The van der Waals surface area contributed by atoms with Crippen LogP contribution >= 0.6 is 0 Å². The van der Waals surface area contributed by atoms with Crippen molar-refractivity contribution < 1.29 is 0 Å². The Hall–Kier alpha value is -3.73. The number of rotatable bonds is 7. The van der Waals surface area contributed by atoms with Crippen LogP contribution < -0.4 is 5.32 Å². The second-order valence-electron chi connectivity index (χ2n) is 7.67. The zero-order valence-electron chi connectivity index (χ0n) is 17.2. The molecule has 0 radical (unpaired) electrons. The van der Waals surface area contributed by atoms with Gasteiger partial charge in [0.2, 0.25) is 0 Å². The van der Waals surface area contributed by atoms with Crippen LogP contribution in [0.15, 0.2) is 79.3 Å². The van der Waals surface area contributed by atoms with Gasteiger partial charge < -0.3 is 5.32 Å². The predicted octanol–water partition coefficient (Wildman–Crippen LogP) is 5.77. The van der Waals surface area contributed by atoms with E-state index in [1.807, 2.05) is 47.4 Å². The summed E-state index contributed by atoms with van der Waals surface area (Å²) in [7, 11) is 0. The molecule has 0 saturated carbocycles. The molecule has 0 saturated heterocycles. The Morgan fingerprint density at radius 3 is 2.53 bits per heavy atom. The molecule has 5 heteroatoms. The van der Waals surface area contributed by atoms with Gasteiger partial charge in [-0.3, -0.25) is 4.98 Å². The summed E-state index contributed by atoms with van der Waals surface area (Å²) in [5.41, 5.74) is 6.26. The van der Waals surface area contributed by atoms with Crippen LogP contribution in [0.25, 0.3) is 17.8 Å². The highest BCUT2D eigenvalue weighted by atomic mass is 15.4. The molecule has 30 heavy (non-hydrogen) atoms. The van der Waals surface area contributed by atoms with E-state index in [9.17, 15) is 0 Å². The van der Waals surface area contributed by atoms with Gasteiger partial charge in [-0.2, -0.15) is 0 Å². The van der Waals surface area contributed by atoms with E-state index < -0.39 is 0 Å². The Bertz CT molecular complexity index is 1110. The fraction of sp³-hybridized carbons (Fsp3) is 0.160. The Morgan fingerprint density at radius 2 is 1.77 bits per heavy atom. The van der Waals surface area contributed by atoms with Gasteiger partial charge in [0, 0.05) is 23.8 Å². The van der Waals surface area contributed by atoms with Gasteiger partial charge in [0.25, 0.3) is 0 Å². The number of nitrogens with one attached hydrogen (secondary N) is 1. The van der Waals surface area contributed by atoms with E-state index in [0.717, 1.165) is 40.3 Å². The van der Waals surface area contributed by atoms with Gasteiger partial charge in [0.05, 0.1) is 17.6 Å². The minimum atomic E-state index is 0.560. The van der Waals surface area contributed by atoms with Gasteiger partial charge in [-0.15, -0.1) is 5.10 Å². The fourth-order valence-electron chi connectivity index (χ4n) is 3.17. The predicted molar refractivity (Wildman–Crippen MR) is 123 cm³/mol. The average Bonchev–Trinajstić information content (AvgIpc) is 3.22. The average molecular weight is 396 g/mol. The molecule has 2 heterocycles. The van der Waals surface area contributed by atoms with Crippen molar-refractivity contribution in [1.82, 2.24) is 20.0 Å². The maximum atomic E-state index is 4.28. The van der Waals surface area contributed by atoms with Crippen LogP contribution in [-0.4, -0.2) is 20.0 Å². The Kier molecular flexibility index (Phi) is 5.99. The molecule has 2 aromatic heterocycles. The minimum Gasteiger partial charge on any atom is -0.355 e. The van der Waals surface area contributed by atoms with Crippen LogP contribution in [0.5, 0.6) is 0 Å². The lowest BCUT2D eigenvalue weighted by Gasteiger charge is -2.09. The summed E-state index contributed by atoms with van der Waals surface area (Å²) < 4.78 is 1.83. The molecule has 0 fully saturated rings. The van der Waals surface area contributed by atoms with E-state index in [-0.39, 0.29) is 0 Å². The number of aromatic nitrogens is 4. The molecule has 0 atom stereocenters. The molecular formula is C25H25N5. The summed E-state index contributed by atoms with van der Waals surface area (Å²) in [4.78, 5) is 4.13. The molecule has 0 amide bonds. The van der Waals surface area contributed by atoms with E-state index in [4.69, 9.17) is 0 Å². The first-order valence-corrected chi connectivity index (χ1v) is 10.1. The number of hydrogen-bond acceptors (Lipinski definition) is 4. The number of pyridine rings is 1. The van der Waals surface area contributed by atoms with E-state index in [1.54, 1.807) is 6.20 Å². The molecule has 0 aliphatic heterocycles. The van der Waals surface area contributed by atoms with E-state index >= 15 is 0 Å². The zero-order valence-corrected chi connectivity index (χ0v) is 17.2. The van der Waals surface area contributed by atoms with Crippen LogP contribution in [0.2, 0.25) is 0 Å². The van der Waals surface area contributed by atoms with Crippen molar-refractivity contribution in [3.63, 3.8) is 0 Å². The summed E-state index contributed by atoms with van der Waals surface area (Å²) in [5, 5.41) is 12.0. The second kappa shape index (κ2) is 9.18. The monoisotopic (exact) mass is 395 g/mol. The van der Waals surface area contributed by atoms with Crippen molar-refractivity contribution in [3.05, 3.63) is 96.1 Å². The normalized spacial score (nSPS) is 11.3. The second-order valence-corrected chi connectivity index (χ2v) is 7.67. The molecule has 0 aliphatic carbocycles. The molecule has 2 aromatic carbocycles. The van der Waals surface area contributed by atoms with Crippen molar-refractivity contribution in [1.29, 1.82) is 0 Å². The molecular weight excluding hydrogens is 370 g/mol. The van der Waals surface area contributed by atoms with Crippen molar-refractivity contribution in [3.8, 4) is 5.69 Å². The summed E-state index contributed by atoms with van der Waals surface area (Å²) in [6, 6.07) is 20.5. The maximum Gasteiger partial charge on any atom is 0.0834 e. The summed E-state index contributed by atoms with van der Waals surface area (Å²) >= 11 is 0. The van der Waals surface area contributed by atoms with Crippen molar-refractivity contribution >= 4 is 23.5 Å². The number of hydrogen-bond donors (Lipinski definition) is 1. The number of benzene rings is 2. The Morgan fingerprint density at radius 1 is 0.933 bits per heavy atom.